The number of nitrogens with zero attached hydrogens (tertiary/aromatic N) is 5. The Kier molecular flexibility index (Phi) is 4.32. The summed E-state index contributed by atoms with van der Waals surface area (Å²) in [5.41, 5.74) is 2.62. The van der Waals surface area contributed by atoms with Gasteiger partial charge in [0, 0.05) is 32.1 Å². The van der Waals surface area contributed by atoms with Gasteiger partial charge in [0.1, 0.15) is 5.82 Å². The minimum absolute atomic E-state index is 0.0756. The fourth-order valence-electron chi connectivity index (χ4n) is 3.94. The lowest BCUT2D eigenvalue weighted by Gasteiger charge is -2.30. The lowest BCUT2D eigenvalue weighted by molar-refractivity contribution is 0.145. The van der Waals surface area contributed by atoms with Gasteiger partial charge >= 0.3 is 0 Å². The van der Waals surface area contributed by atoms with Crippen LogP contribution in [0.1, 0.15) is 31.4 Å². The summed E-state index contributed by atoms with van der Waals surface area (Å²) >= 11 is 0. The Balaban J connectivity index is 1.86. The molecule has 0 aliphatic heterocycles. The Bertz CT molecular complexity index is 915. The van der Waals surface area contributed by atoms with Gasteiger partial charge in [-0.2, -0.15) is 5.10 Å². The second-order valence-corrected chi connectivity index (χ2v) is 7.08. The van der Waals surface area contributed by atoms with E-state index < -0.39 is 0 Å². The zero-order valence-corrected chi connectivity index (χ0v) is 15.5. The average Bonchev–Trinajstić information content (AvgIpc) is 3.21. The molecule has 0 spiro atoms. The van der Waals surface area contributed by atoms with Crippen molar-refractivity contribution >= 4 is 16.9 Å². The first-order valence-corrected chi connectivity index (χ1v) is 9.01. The molecule has 0 amide bonds. The molecule has 0 radical (unpaired) electrons. The van der Waals surface area contributed by atoms with Gasteiger partial charge < -0.3 is 10.1 Å². The molecule has 0 saturated heterocycles. The number of methoxy groups -OCH3 is 1. The Morgan fingerprint density at radius 2 is 1.92 bits per heavy atom. The second kappa shape index (κ2) is 6.64. The van der Waals surface area contributed by atoms with E-state index in [-0.39, 0.29) is 5.54 Å². The van der Waals surface area contributed by atoms with Crippen LogP contribution in [0.25, 0.3) is 22.4 Å². The quantitative estimate of drug-likeness (QED) is 0.760. The number of hydrogen-bond acceptors (Lipinski definition) is 6. The summed E-state index contributed by atoms with van der Waals surface area (Å²) < 4.78 is 7.35. The highest BCUT2D eigenvalue weighted by molar-refractivity contribution is 5.91. The Morgan fingerprint density at radius 3 is 2.62 bits per heavy atom. The van der Waals surface area contributed by atoms with Crippen molar-refractivity contribution in [2.75, 3.05) is 19.0 Å². The van der Waals surface area contributed by atoms with Crippen molar-refractivity contribution in [3.05, 3.63) is 30.2 Å². The fourth-order valence-corrected chi connectivity index (χ4v) is 3.94. The van der Waals surface area contributed by atoms with Crippen LogP contribution in [-0.4, -0.2) is 44.0 Å². The lowest BCUT2D eigenvalue weighted by Crippen LogP contribution is -2.40. The number of rotatable bonds is 5. The minimum atomic E-state index is -0.0756. The number of aryl methyl sites for hydroxylation is 2. The maximum absolute atomic E-state index is 5.53. The summed E-state index contributed by atoms with van der Waals surface area (Å²) in [6.45, 7) is 2.67. The van der Waals surface area contributed by atoms with Crippen LogP contribution in [0.4, 0.5) is 5.82 Å². The predicted molar refractivity (Wildman–Crippen MR) is 101 cm³/mol. The zero-order chi connectivity index (χ0) is 18.1. The van der Waals surface area contributed by atoms with E-state index >= 15 is 0 Å². The van der Waals surface area contributed by atoms with Gasteiger partial charge in [0.15, 0.2) is 11.5 Å². The van der Waals surface area contributed by atoms with Crippen molar-refractivity contribution < 1.29 is 4.74 Å². The Morgan fingerprint density at radius 1 is 1.19 bits per heavy atom. The van der Waals surface area contributed by atoms with Crippen LogP contribution in [-0.2, 0) is 11.8 Å². The molecule has 0 aromatic carbocycles. The van der Waals surface area contributed by atoms with Crippen LogP contribution in [0.2, 0.25) is 0 Å². The smallest absolute Gasteiger partial charge is 0.164 e. The molecule has 1 saturated carbocycles. The summed E-state index contributed by atoms with van der Waals surface area (Å²) in [5.74, 6) is 1.52. The monoisotopic (exact) mass is 352 g/mol. The van der Waals surface area contributed by atoms with Gasteiger partial charge in [-0.05, 0) is 31.9 Å². The molecule has 26 heavy (non-hydrogen) atoms. The second-order valence-electron chi connectivity index (χ2n) is 7.08. The van der Waals surface area contributed by atoms with Crippen LogP contribution in [0.3, 0.4) is 0 Å². The fraction of sp³-hybridized carbons (Fsp3) is 0.474. The van der Waals surface area contributed by atoms with Crippen molar-refractivity contribution in [1.29, 1.82) is 0 Å². The van der Waals surface area contributed by atoms with Gasteiger partial charge in [0.05, 0.1) is 23.2 Å². The SMILES string of the molecule is COCC1(Nc2nc(-c3ccncc3)nc3c2c(C)nn3C)CCCC1. The molecule has 7 nitrogen and oxygen atoms in total. The van der Waals surface area contributed by atoms with Crippen LogP contribution in [0.15, 0.2) is 24.5 Å². The van der Waals surface area contributed by atoms with Crippen LogP contribution in [0.5, 0.6) is 0 Å². The number of hydrogen-bond donors (Lipinski definition) is 1. The first-order valence-electron chi connectivity index (χ1n) is 9.01. The normalized spacial score (nSPS) is 16.3. The number of aromatic nitrogens is 5. The molecular formula is C19H24N6O. The van der Waals surface area contributed by atoms with Crippen molar-refractivity contribution in [3.8, 4) is 11.4 Å². The maximum Gasteiger partial charge on any atom is 0.164 e. The van der Waals surface area contributed by atoms with Gasteiger partial charge in [-0.25, -0.2) is 9.97 Å². The molecule has 3 aromatic rings. The van der Waals surface area contributed by atoms with Crippen LogP contribution >= 0.6 is 0 Å². The maximum atomic E-state index is 5.53. The van der Waals surface area contributed by atoms with E-state index in [1.165, 1.54) is 12.8 Å². The van der Waals surface area contributed by atoms with Crippen LogP contribution in [0, 0.1) is 6.92 Å². The van der Waals surface area contributed by atoms with Gasteiger partial charge in [0.2, 0.25) is 0 Å². The van der Waals surface area contributed by atoms with Crippen molar-refractivity contribution in [2.45, 2.75) is 38.1 Å². The molecule has 1 fully saturated rings. The van der Waals surface area contributed by atoms with E-state index in [9.17, 15) is 0 Å². The molecule has 3 heterocycles. The van der Waals surface area contributed by atoms with Gasteiger partial charge in [-0.1, -0.05) is 12.8 Å². The van der Waals surface area contributed by atoms with Crippen molar-refractivity contribution in [1.82, 2.24) is 24.7 Å². The highest BCUT2D eigenvalue weighted by Gasteiger charge is 2.35. The highest BCUT2D eigenvalue weighted by atomic mass is 16.5. The third-order valence-corrected chi connectivity index (χ3v) is 5.16. The molecule has 7 heteroatoms. The van der Waals surface area contributed by atoms with E-state index in [1.54, 1.807) is 19.5 Å². The van der Waals surface area contributed by atoms with Crippen LogP contribution < -0.4 is 5.32 Å². The summed E-state index contributed by atoms with van der Waals surface area (Å²) in [6, 6.07) is 3.85. The first kappa shape index (κ1) is 16.9. The topological polar surface area (TPSA) is 77.8 Å². The molecule has 0 bridgehead atoms. The van der Waals surface area contributed by atoms with E-state index in [0.717, 1.165) is 41.0 Å². The van der Waals surface area contributed by atoms with E-state index in [4.69, 9.17) is 14.7 Å². The molecule has 1 aliphatic carbocycles. The largest absolute Gasteiger partial charge is 0.382 e. The predicted octanol–water partition coefficient (Wildman–Crippen LogP) is 3.10. The van der Waals surface area contributed by atoms with Gasteiger partial charge in [0.25, 0.3) is 0 Å². The van der Waals surface area contributed by atoms with Gasteiger partial charge in [-0.3, -0.25) is 9.67 Å². The summed E-state index contributed by atoms with van der Waals surface area (Å²) in [7, 11) is 3.68. The van der Waals surface area contributed by atoms with E-state index in [1.807, 2.05) is 30.8 Å². The number of fused-ring (bicyclic) bond motifs is 1. The Hall–Kier alpha value is -2.54. The molecule has 3 aromatic heterocycles. The third-order valence-electron chi connectivity index (χ3n) is 5.16. The Labute approximate surface area is 152 Å². The summed E-state index contributed by atoms with van der Waals surface area (Å²) in [5, 5.41) is 9.26. The first-order chi connectivity index (χ1) is 12.6. The molecular weight excluding hydrogens is 328 g/mol. The summed E-state index contributed by atoms with van der Waals surface area (Å²) in [6.07, 6.45) is 8.08. The lowest BCUT2D eigenvalue weighted by atomic mass is 9.98. The zero-order valence-electron chi connectivity index (χ0n) is 15.5. The van der Waals surface area contributed by atoms with E-state index in [0.29, 0.717) is 12.4 Å². The molecule has 4 rings (SSSR count). The molecule has 1 N–H and O–H groups in total. The minimum Gasteiger partial charge on any atom is -0.382 e. The number of anilines is 1. The molecule has 136 valence electrons. The molecule has 0 atom stereocenters. The third kappa shape index (κ3) is 2.92. The standard InChI is InChI=1S/C19H24N6O/c1-13-15-17(23-19(12-26-3)8-4-5-9-19)21-16(14-6-10-20-11-7-14)22-18(15)25(2)24-13/h6-7,10-11H,4-5,8-9,12H2,1-3H3,(H,21,22,23). The average molecular weight is 352 g/mol. The number of pyridine rings is 1. The van der Waals surface area contributed by atoms with Gasteiger partial charge in [-0.15, -0.1) is 0 Å². The summed E-state index contributed by atoms with van der Waals surface area (Å²) in [4.78, 5) is 13.7. The highest BCUT2D eigenvalue weighted by Crippen LogP contribution is 2.36. The molecule has 0 unspecified atom stereocenters. The number of nitrogens with one attached hydrogen (secondary N) is 1. The number of ether oxygens (including phenoxy) is 1. The van der Waals surface area contributed by atoms with Crippen molar-refractivity contribution in [3.63, 3.8) is 0 Å². The van der Waals surface area contributed by atoms with Crippen molar-refractivity contribution in [2.24, 2.45) is 7.05 Å². The molecule has 1 aliphatic rings. The van der Waals surface area contributed by atoms with E-state index in [2.05, 4.69) is 15.4 Å².